The van der Waals surface area contributed by atoms with Crippen LogP contribution in [0.2, 0.25) is 5.02 Å². The van der Waals surface area contributed by atoms with Crippen LogP contribution in [-0.4, -0.2) is 17.1 Å². The summed E-state index contributed by atoms with van der Waals surface area (Å²) < 4.78 is 0. The zero-order valence-corrected chi connectivity index (χ0v) is 20.3. The number of nitrogens with zero attached hydrogens (tertiary/aromatic N) is 2. The first-order chi connectivity index (χ1) is 16.4. The normalized spacial score (nSPS) is 16.8. The lowest BCUT2D eigenvalue weighted by Crippen LogP contribution is -2.31. The minimum atomic E-state index is -0.542. The number of amides is 2. The minimum absolute atomic E-state index is 0.0987. The fourth-order valence-electron chi connectivity index (χ4n) is 3.86. The highest BCUT2D eigenvalue weighted by molar-refractivity contribution is 8.05. The molecular formula is C27H22ClN3O2S. The second-order valence-electron chi connectivity index (χ2n) is 7.96. The smallest absolute Gasteiger partial charge is 0.269 e. The van der Waals surface area contributed by atoms with Gasteiger partial charge in [-0.2, -0.15) is 5.26 Å². The van der Waals surface area contributed by atoms with Crippen molar-refractivity contribution >= 4 is 46.6 Å². The van der Waals surface area contributed by atoms with E-state index in [0.717, 1.165) is 16.7 Å². The van der Waals surface area contributed by atoms with Crippen molar-refractivity contribution in [1.29, 1.82) is 5.26 Å². The van der Waals surface area contributed by atoms with E-state index < -0.39 is 11.2 Å². The van der Waals surface area contributed by atoms with Gasteiger partial charge in [0.15, 0.2) is 0 Å². The van der Waals surface area contributed by atoms with Gasteiger partial charge in [0.05, 0.1) is 5.25 Å². The van der Waals surface area contributed by atoms with E-state index in [0.29, 0.717) is 27.8 Å². The summed E-state index contributed by atoms with van der Waals surface area (Å²) >= 11 is 7.36. The van der Waals surface area contributed by atoms with E-state index in [2.05, 4.69) is 5.32 Å². The lowest BCUT2D eigenvalue weighted by Gasteiger charge is -2.19. The standard InChI is InChI=1S/C27H22ClN3O2S/c1-17-8-6-9-18(2)24(17)30-25(32)22(16-29)27-31(21-12-4-3-5-13-21)26(33)23(34-27)15-19-10-7-11-20(28)14-19/h3-14,23H,15H2,1-2H3,(H,30,32). The van der Waals surface area contributed by atoms with Crippen LogP contribution >= 0.6 is 23.4 Å². The Hall–Kier alpha value is -3.53. The molecule has 1 aliphatic heterocycles. The van der Waals surface area contributed by atoms with Gasteiger partial charge in [-0.05, 0) is 61.2 Å². The molecule has 1 unspecified atom stereocenters. The van der Waals surface area contributed by atoms with Crippen molar-refractivity contribution in [3.05, 3.63) is 105 Å². The Morgan fingerprint density at radius 3 is 2.38 bits per heavy atom. The highest BCUT2D eigenvalue weighted by atomic mass is 35.5. The molecule has 0 bridgehead atoms. The van der Waals surface area contributed by atoms with E-state index in [-0.39, 0.29) is 11.5 Å². The highest BCUT2D eigenvalue weighted by Gasteiger charge is 2.40. The van der Waals surface area contributed by atoms with Crippen molar-refractivity contribution in [2.75, 3.05) is 10.2 Å². The van der Waals surface area contributed by atoms with Crippen LogP contribution in [0.3, 0.4) is 0 Å². The maximum absolute atomic E-state index is 13.5. The van der Waals surface area contributed by atoms with Crippen LogP contribution in [-0.2, 0) is 16.0 Å². The van der Waals surface area contributed by atoms with Crippen LogP contribution in [0.1, 0.15) is 16.7 Å². The minimum Gasteiger partial charge on any atom is -0.321 e. The van der Waals surface area contributed by atoms with Crippen molar-refractivity contribution in [2.45, 2.75) is 25.5 Å². The van der Waals surface area contributed by atoms with Crippen LogP contribution in [0.4, 0.5) is 11.4 Å². The number of carbonyl (C=O) groups excluding carboxylic acids is 2. The maximum Gasteiger partial charge on any atom is 0.269 e. The molecule has 4 rings (SSSR count). The summed E-state index contributed by atoms with van der Waals surface area (Å²) in [7, 11) is 0. The summed E-state index contributed by atoms with van der Waals surface area (Å²) in [6.45, 7) is 3.79. The van der Waals surface area contributed by atoms with Gasteiger partial charge in [-0.15, -0.1) is 0 Å². The Morgan fingerprint density at radius 2 is 1.74 bits per heavy atom. The van der Waals surface area contributed by atoms with E-state index in [1.807, 2.05) is 74.5 Å². The van der Waals surface area contributed by atoms with Gasteiger partial charge in [0, 0.05) is 16.4 Å². The molecule has 0 saturated carbocycles. The highest BCUT2D eigenvalue weighted by Crippen LogP contribution is 2.42. The third-order valence-electron chi connectivity index (χ3n) is 5.55. The van der Waals surface area contributed by atoms with Gasteiger partial charge in [0.1, 0.15) is 16.7 Å². The number of carbonyl (C=O) groups is 2. The van der Waals surface area contributed by atoms with Crippen LogP contribution < -0.4 is 10.2 Å². The van der Waals surface area contributed by atoms with Gasteiger partial charge in [-0.3, -0.25) is 14.5 Å². The van der Waals surface area contributed by atoms with E-state index >= 15 is 0 Å². The number of nitriles is 1. The molecule has 3 aromatic carbocycles. The summed E-state index contributed by atoms with van der Waals surface area (Å²) in [6, 6.07) is 24.2. The molecule has 5 nitrogen and oxygen atoms in total. The summed E-state index contributed by atoms with van der Waals surface area (Å²) in [5, 5.41) is 13.3. The molecule has 170 valence electrons. The average Bonchev–Trinajstić information content (AvgIpc) is 3.13. The first-order valence-electron chi connectivity index (χ1n) is 10.7. The van der Waals surface area contributed by atoms with Crippen LogP contribution in [0.5, 0.6) is 0 Å². The van der Waals surface area contributed by atoms with Crippen LogP contribution in [0.25, 0.3) is 0 Å². The van der Waals surface area contributed by atoms with Gasteiger partial charge < -0.3 is 5.32 Å². The molecule has 34 heavy (non-hydrogen) atoms. The molecule has 1 heterocycles. The predicted octanol–water partition coefficient (Wildman–Crippen LogP) is 6.02. The van der Waals surface area contributed by atoms with Gasteiger partial charge in [0.2, 0.25) is 5.91 Å². The monoisotopic (exact) mass is 487 g/mol. The Balaban J connectivity index is 1.74. The molecule has 2 amide bonds. The van der Waals surface area contributed by atoms with Crippen molar-refractivity contribution < 1.29 is 9.59 Å². The Labute approximate surface area is 208 Å². The summed E-state index contributed by atoms with van der Waals surface area (Å²) in [6.07, 6.45) is 0.425. The zero-order chi connectivity index (χ0) is 24.2. The molecule has 0 spiro atoms. The first-order valence-corrected chi connectivity index (χ1v) is 12.0. The average molecular weight is 488 g/mol. The van der Waals surface area contributed by atoms with Gasteiger partial charge in [0.25, 0.3) is 5.91 Å². The molecule has 1 N–H and O–H groups in total. The van der Waals surface area contributed by atoms with Crippen molar-refractivity contribution in [3.63, 3.8) is 0 Å². The van der Waals surface area contributed by atoms with Gasteiger partial charge >= 0.3 is 0 Å². The number of aryl methyl sites for hydroxylation is 2. The van der Waals surface area contributed by atoms with E-state index in [1.165, 1.54) is 16.7 Å². The fourth-order valence-corrected chi connectivity index (χ4v) is 5.39. The van der Waals surface area contributed by atoms with E-state index in [1.54, 1.807) is 18.2 Å². The molecule has 1 aliphatic rings. The predicted molar refractivity (Wildman–Crippen MR) is 138 cm³/mol. The van der Waals surface area contributed by atoms with Gasteiger partial charge in [-0.25, -0.2) is 0 Å². The number of rotatable bonds is 5. The molecular weight excluding hydrogens is 466 g/mol. The lowest BCUT2D eigenvalue weighted by molar-refractivity contribution is -0.117. The third-order valence-corrected chi connectivity index (χ3v) is 7.05. The van der Waals surface area contributed by atoms with Crippen molar-refractivity contribution in [3.8, 4) is 6.07 Å². The molecule has 1 fully saturated rings. The van der Waals surface area contributed by atoms with E-state index in [9.17, 15) is 14.9 Å². The molecule has 0 radical (unpaired) electrons. The summed E-state index contributed by atoms with van der Waals surface area (Å²) in [5.74, 6) is -0.724. The quantitative estimate of drug-likeness (QED) is 0.352. The Kier molecular flexibility index (Phi) is 7.06. The number of hydrogen-bond donors (Lipinski definition) is 1. The molecule has 1 saturated heterocycles. The molecule has 3 aromatic rings. The first kappa shape index (κ1) is 23.6. The summed E-state index contributed by atoms with van der Waals surface area (Å²) in [5.41, 5.74) is 3.87. The molecule has 0 aliphatic carbocycles. The lowest BCUT2D eigenvalue weighted by atomic mass is 10.1. The Morgan fingerprint density at radius 1 is 1.06 bits per heavy atom. The number of anilines is 2. The molecule has 1 atom stereocenters. The number of para-hydroxylation sites is 2. The number of nitrogens with one attached hydrogen (secondary N) is 1. The second kappa shape index (κ2) is 10.2. The molecule has 0 aromatic heterocycles. The van der Waals surface area contributed by atoms with Crippen molar-refractivity contribution in [1.82, 2.24) is 0 Å². The molecule has 7 heteroatoms. The fraction of sp³-hybridized carbons (Fsp3) is 0.148. The third kappa shape index (κ3) is 4.86. The number of thioether (sulfide) groups is 1. The van der Waals surface area contributed by atoms with Crippen LogP contribution in [0.15, 0.2) is 83.4 Å². The zero-order valence-electron chi connectivity index (χ0n) is 18.7. The topological polar surface area (TPSA) is 73.2 Å². The van der Waals surface area contributed by atoms with E-state index in [4.69, 9.17) is 11.6 Å². The number of benzene rings is 3. The van der Waals surface area contributed by atoms with Crippen LogP contribution in [0, 0.1) is 25.2 Å². The Bertz CT molecular complexity index is 1310. The largest absolute Gasteiger partial charge is 0.321 e. The maximum atomic E-state index is 13.5. The number of hydrogen-bond acceptors (Lipinski definition) is 4. The van der Waals surface area contributed by atoms with Crippen molar-refractivity contribution in [2.24, 2.45) is 0 Å². The summed E-state index contributed by atoms with van der Waals surface area (Å²) in [4.78, 5) is 28.3. The number of halogens is 1. The van der Waals surface area contributed by atoms with Gasteiger partial charge in [-0.1, -0.05) is 71.9 Å². The second-order valence-corrected chi connectivity index (χ2v) is 9.59. The SMILES string of the molecule is Cc1cccc(C)c1NC(=O)C(C#N)=C1SC(Cc2cccc(Cl)c2)C(=O)N1c1ccccc1.